The van der Waals surface area contributed by atoms with Gasteiger partial charge in [0.15, 0.2) is 0 Å². The number of fused-ring (bicyclic) bond motifs is 1. The maximum absolute atomic E-state index is 6.54. The molecule has 1 aromatic heterocycles. The molecular weight excluding hydrogens is 282 g/mol. The van der Waals surface area contributed by atoms with Gasteiger partial charge in [0.25, 0.3) is 0 Å². The Morgan fingerprint density at radius 1 is 1.14 bits per heavy atom. The van der Waals surface area contributed by atoms with Crippen molar-refractivity contribution >= 4 is 22.5 Å². The molecule has 2 nitrogen and oxygen atoms in total. The van der Waals surface area contributed by atoms with E-state index in [1.54, 1.807) is 0 Å². The van der Waals surface area contributed by atoms with Gasteiger partial charge in [-0.25, -0.2) is 0 Å². The molecule has 0 N–H and O–H groups in total. The first-order valence-electron chi connectivity index (χ1n) is 7.93. The summed E-state index contributed by atoms with van der Waals surface area (Å²) in [5, 5.41) is 1.42. The number of pyridine rings is 1. The van der Waals surface area contributed by atoms with Crippen LogP contribution >= 0.6 is 11.6 Å². The van der Waals surface area contributed by atoms with E-state index < -0.39 is 0 Å². The first kappa shape index (κ1) is 13.4. The highest BCUT2D eigenvalue weighted by Crippen LogP contribution is 2.55. The number of aromatic nitrogens is 1. The summed E-state index contributed by atoms with van der Waals surface area (Å²) in [6, 6.07) is 10.3. The van der Waals surface area contributed by atoms with Gasteiger partial charge in [-0.2, -0.15) is 0 Å². The van der Waals surface area contributed by atoms with Gasteiger partial charge in [-0.1, -0.05) is 37.5 Å². The molecule has 0 amide bonds. The smallest absolute Gasteiger partial charge is 0.138 e. The predicted molar refractivity (Wildman–Crippen MR) is 85.9 cm³/mol. The fourth-order valence-electron chi connectivity index (χ4n) is 3.99. The fourth-order valence-corrected chi connectivity index (χ4v) is 4.51. The number of nitrogens with zero attached hydrogens (tertiary/aromatic N) is 1. The van der Waals surface area contributed by atoms with Crippen LogP contribution in [0, 0.1) is 5.41 Å². The lowest BCUT2D eigenvalue weighted by molar-refractivity contribution is -0.0651. The van der Waals surface area contributed by atoms with Gasteiger partial charge in [0, 0.05) is 22.6 Å². The summed E-state index contributed by atoms with van der Waals surface area (Å²) in [5.41, 5.74) is 1.23. The minimum atomic E-state index is 0.214. The number of benzene rings is 1. The van der Waals surface area contributed by atoms with E-state index in [9.17, 15) is 0 Å². The third kappa shape index (κ3) is 2.20. The highest BCUT2D eigenvalue weighted by molar-refractivity contribution is 6.21. The third-order valence-corrected chi connectivity index (χ3v) is 5.93. The molecule has 1 heterocycles. The summed E-state index contributed by atoms with van der Waals surface area (Å²) in [6.45, 7) is 0. The Morgan fingerprint density at radius 2 is 1.95 bits per heavy atom. The molecule has 2 fully saturated rings. The average Bonchev–Trinajstić information content (AvgIpc) is 2.55. The molecule has 21 heavy (non-hydrogen) atoms. The van der Waals surface area contributed by atoms with Crippen LogP contribution in [0.4, 0.5) is 0 Å². The lowest BCUT2D eigenvalue weighted by Gasteiger charge is -2.54. The van der Waals surface area contributed by atoms with E-state index in [1.807, 2.05) is 24.4 Å². The van der Waals surface area contributed by atoms with E-state index in [4.69, 9.17) is 16.3 Å². The molecule has 0 bridgehead atoms. The fraction of sp³-hybridized carbons (Fsp3) is 0.500. The molecular formula is C18H20ClNO. The van der Waals surface area contributed by atoms with Crippen molar-refractivity contribution in [3.05, 3.63) is 36.5 Å². The Morgan fingerprint density at radius 3 is 2.76 bits per heavy atom. The number of hydrogen-bond donors (Lipinski definition) is 0. The average molecular weight is 302 g/mol. The van der Waals surface area contributed by atoms with Crippen molar-refractivity contribution in [2.24, 2.45) is 5.41 Å². The van der Waals surface area contributed by atoms with Gasteiger partial charge in [0.1, 0.15) is 11.9 Å². The number of halogens is 1. The second-order valence-electron chi connectivity index (χ2n) is 6.47. The summed E-state index contributed by atoms with van der Waals surface area (Å²) in [4.78, 5) is 4.49. The lowest BCUT2D eigenvalue weighted by atomic mass is 9.58. The Labute approximate surface area is 130 Å². The zero-order chi connectivity index (χ0) is 14.3. The maximum atomic E-state index is 6.54. The van der Waals surface area contributed by atoms with Gasteiger partial charge in [0.2, 0.25) is 0 Å². The molecule has 3 heteroatoms. The van der Waals surface area contributed by atoms with Gasteiger partial charge in [0.05, 0.1) is 11.7 Å². The minimum Gasteiger partial charge on any atom is -0.488 e. The third-order valence-electron chi connectivity index (χ3n) is 5.31. The van der Waals surface area contributed by atoms with Crippen molar-refractivity contribution in [3.63, 3.8) is 0 Å². The maximum Gasteiger partial charge on any atom is 0.138 e. The van der Waals surface area contributed by atoms with Crippen molar-refractivity contribution in [3.8, 4) is 5.75 Å². The van der Waals surface area contributed by atoms with Crippen molar-refractivity contribution in [1.29, 1.82) is 0 Å². The zero-order valence-corrected chi connectivity index (χ0v) is 12.9. The largest absolute Gasteiger partial charge is 0.488 e. The number of para-hydroxylation sites is 1. The Balaban J connectivity index is 1.57. The normalized spacial score (nSPS) is 27.5. The molecule has 1 aromatic carbocycles. The number of ether oxygens (including phenoxy) is 1. The van der Waals surface area contributed by atoms with E-state index in [0.29, 0.717) is 0 Å². The highest BCUT2D eigenvalue weighted by atomic mass is 35.5. The number of alkyl halides is 1. The van der Waals surface area contributed by atoms with Crippen molar-refractivity contribution in [1.82, 2.24) is 4.98 Å². The van der Waals surface area contributed by atoms with Gasteiger partial charge in [-0.3, -0.25) is 4.98 Å². The van der Waals surface area contributed by atoms with Crippen LogP contribution in [0.15, 0.2) is 36.5 Å². The van der Waals surface area contributed by atoms with Gasteiger partial charge in [-0.05, 0) is 25.0 Å². The predicted octanol–water partition coefficient (Wildman–Crippen LogP) is 4.94. The van der Waals surface area contributed by atoms with Crippen LogP contribution in [0.3, 0.4) is 0 Å². The number of rotatable bonds is 2. The van der Waals surface area contributed by atoms with Crippen LogP contribution in [0.5, 0.6) is 5.75 Å². The van der Waals surface area contributed by atoms with Crippen LogP contribution in [0.25, 0.3) is 10.9 Å². The van der Waals surface area contributed by atoms with Gasteiger partial charge < -0.3 is 4.74 Å². The Kier molecular flexibility index (Phi) is 3.30. The Bertz CT molecular complexity index is 650. The molecule has 2 aromatic rings. The summed E-state index contributed by atoms with van der Waals surface area (Å²) in [6.07, 6.45) is 9.44. The summed E-state index contributed by atoms with van der Waals surface area (Å²) >= 11 is 6.54. The molecule has 4 rings (SSSR count). The molecule has 2 aliphatic carbocycles. The van der Waals surface area contributed by atoms with Gasteiger partial charge >= 0.3 is 0 Å². The van der Waals surface area contributed by atoms with Crippen molar-refractivity contribution in [2.75, 3.05) is 0 Å². The summed E-state index contributed by atoms with van der Waals surface area (Å²) in [5.74, 6) is 0.882. The summed E-state index contributed by atoms with van der Waals surface area (Å²) < 4.78 is 6.28. The molecule has 2 aliphatic rings. The van der Waals surface area contributed by atoms with Crippen LogP contribution in [-0.4, -0.2) is 16.5 Å². The lowest BCUT2D eigenvalue weighted by Crippen LogP contribution is -2.58. The monoisotopic (exact) mass is 301 g/mol. The van der Waals surface area contributed by atoms with Crippen molar-refractivity contribution < 1.29 is 4.74 Å². The first-order chi connectivity index (χ1) is 10.3. The quantitative estimate of drug-likeness (QED) is 0.733. The molecule has 2 saturated carbocycles. The SMILES string of the molecule is ClC1CC(Oc2cnc3ccccc3c2)C12CCCCC2. The minimum absolute atomic E-state index is 0.214. The van der Waals surface area contributed by atoms with Crippen LogP contribution in [0.1, 0.15) is 38.5 Å². The van der Waals surface area contributed by atoms with Crippen LogP contribution in [-0.2, 0) is 0 Å². The second-order valence-corrected chi connectivity index (χ2v) is 6.99. The highest BCUT2D eigenvalue weighted by Gasteiger charge is 2.55. The summed E-state index contributed by atoms with van der Waals surface area (Å²) in [7, 11) is 0. The molecule has 110 valence electrons. The van der Waals surface area contributed by atoms with E-state index in [1.165, 1.54) is 32.1 Å². The molecule has 0 saturated heterocycles. The van der Waals surface area contributed by atoms with E-state index in [-0.39, 0.29) is 16.9 Å². The van der Waals surface area contributed by atoms with E-state index >= 15 is 0 Å². The van der Waals surface area contributed by atoms with Crippen LogP contribution < -0.4 is 4.74 Å². The molecule has 0 aliphatic heterocycles. The zero-order valence-electron chi connectivity index (χ0n) is 12.1. The topological polar surface area (TPSA) is 22.1 Å². The van der Waals surface area contributed by atoms with E-state index in [0.717, 1.165) is 23.1 Å². The van der Waals surface area contributed by atoms with Crippen LogP contribution in [0.2, 0.25) is 0 Å². The standard InChI is InChI=1S/C18H20ClNO/c19-16-11-17(18(16)8-4-1-5-9-18)21-14-10-13-6-2-3-7-15(13)20-12-14/h2-3,6-7,10,12,16-17H,1,4-5,8-9,11H2. The van der Waals surface area contributed by atoms with Gasteiger partial charge in [-0.15, -0.1) is 11.6 Å². The molecule has 2 atom stereocenters. The Hall–Kier alpha value is -1.28. The second kappa shape index (κ2) is 5.17. The van der Waals surface area contributed by atoms with Crippen molar-refractivity contribution in [2.45, 2.75) is 50.0 Å². The first-order valence-corrected chi connectivity index (χ1v) is 8.37. The molecule has 1 spiro atoms. The number of hydrogen-bond acceptors (Lipinski definition) is 2. The molecule has 2 unspecified atom stereocenters. The van der Waals surface area contributed by atoms with E-state index in [2.05, 4.69) is 17.1 Å². The molecule has 0 radical (unpaired) electrons.